The monoisotopic (exact) mass is 275 g/mol. The minimum Gasteiger partial charge on any atom is -0.351 e. The summed E-state index contributed by atoms with van der Waals surface area (Å²) in [5.41, 5.74) is 5.98. The third-order valence-corrected chi connectivity index (χ3v) is 4.58. The fraction of sp³-hybridized carbons (Fsp3) is 0.333. The molecule has 1 aromatic carbocycles. The molecule has 1 aliphatic carbocycles. The van der Waals surface area contributed by atoms with Crippen LogP contribution in [-0.4, -0.2) is 11.5 Å². The van der Waals surface area contributed by atoms with Gasteiger partial charge in [-0.1, -0.05) is 24.3 Å². The van der Waals surface area contributed by atoms with E-state index in [1.807, 2.05) is 0 Å². The summed E-state index contributed by atoms with van der Waals surface area (Å²) >= 11 is 0. The van der Waals surface area contributed by atoms with Gasteiger partial charge in [0.1, 0.15) is 11.9 Å². The van der Waals surface area contributed by atoms with Crippen LogP contribution in [0, 0.1) is 11.3 Å². The number of aryl methyl sites for hydroxylation is 2. The molecule has 0 bridgehead atoms. The van der Waals surface area contributed by atoms with E-state index in [4.69, 9.17) is 4.98 Å². The molecular formula is C18H17N3. The van der Waals surface area contributed by atoms with Crippen LogP contribution in [0.25, 0.3) is 0 Å². The number of benzene rings is 1. The molecule has 21 heavy (non-hydrogen) atoms. The number of anilines is 1. The lowest BCUT2D eigenvalue weighted by molar-refractivity contribution is 0.717. The highest BCUT2D eigenvalue weighted by Crippen LogP contribution is 2.30. The third kappa shape index (κ3) is 2.08. The maximum Gasteiger partial charge on any atom is 0.147 e. The van der Waals surface area contributed by atoms with E-state index in [1.165, 1.54) is 28.8 Å². The van der Waals surface area contributed by atoms with Crippen molar-refractivity contribution in [1.82, 2.24) is 4.98 Å². The lowest BCUT2D eigenvalue weighted by Gasteiger charge is -2.30. The van der Waals surface area contributed by atoms with Crippen molar-refractivity contribution in [2.75, 3.05) is 11.4 Å². The Labute approximate surface area is 124 Å². The van der Waals surface area contributed by atoms with E-state index in [9.17, 15) is 5.26 Å². The summed E-state index contributed by atoms with van der Waals surface area (Å²) in [7, 11) is 0. The molecule has 0 saturated carbocycles. The van der Waals surface area contributed by atoms with E-state index in [2.05, 4.69) is 41.3 Å². The topological polar surface area (TPSA) is 39.9 Å². The van der Waals surface area contributed by atoms with Crippen molar-refractivity contribution in [2.24, 2.45) is 0 Å². The van der Waals surface area contributed by atoms with Crippen LogP contribution in [-0.2, 0) is 25.8 Å². The maximum atomic E-state index is 9.46. The van der Waals surface area contributed by atoms with E-state index in [0.29, 0.717) is 0 Å². The van der Waals surface area contributed by atoms with Crippen LogP contribution < -0.4 is 4.90 Å². The molecule has 0 atom stereocenters. The zero-order chi connectivity index (χ0) is 14.2. The Balaban J connectivity index is 1.73. The Morgan fingerprint density at radius 1 is 1.05 bits per heavy atom. The average Bonchev–Trinajstić information content (AvgIpc) is 3.00. The quantitative estimate of drug-likeness (QED) is 0.803. The molecule has 3 heteroatoms. The zero-order valence-electron chi connectivity index (χ0n) is 12.0. The van der Waals surface area contributed by atoms with Crippen molar-refractivity contribution in [3.05, 3.63) is 58.3 Å². The lowest BCUT2D eigenvalue weighted by atomic mass is 9.99. The van der Waals surface area contributed by atoms with Gasteiger partial charge in [0.05, 0.1) is 5.56 Å². The molecule has 3 nitrogen and oxygen atoms in total. The van der Waals surface area contributed by atoms with Gasteiger partial charge in [0.15, 0.2) is 0 Å². The van der Waals surface area contributed by atoms with Gasteiger partial charge in [0, 0.05) is 18.8 Å². The molecule has 104 valence electrons. The molecule has 0 N–H and O–H groups in total. The molecule has 0 fully saturated rings. The second-order valence-electron chi connectivity index (χ2n) is 5.87. The molecular weight excluding hydrogens is 258 g/mol. The minimum atomic E-state index is 0.732. The average molecular weight is 275 g/mol. The standard InChI is InChI=1S/C18H17N3/c19-11-16-10-14-6-3-7-17(14)20-18(16)21-9-8-13-4-1-2-5-15(13)12-21/h1-2,4-5,10H,3,6-9,12H2. The largest absolute Gasteiger partial charge is 0.351 e. The van der Waals surface area contributed by atoms with Gasteiger partial charge in [-0.15, -0.1) is 0 Å². The summed E-state index contributed by atoms with van der Waals surface area (Å²) in [5, 5.41) is 9.46. The van der Waals surface area contributed by atoms with Gasteiger partial charge in [0.25, 0.3) is 0 Å². The minimum absolute atomic E-state index is 0.732. The number of hydrogen-bond donors (Lipinski definition) is 0. The first-order valence-electron chi connectivity index (χ1n) is 7.60. The van der Waals surface area contributed by atoms with Crippen LogP contribution in [0.2, 0.25) is 0 Å². The summed E-state index contributed by atoms with van der Waals surface area (Å²) in [6, 6.07) is 13.0. The van der Waals surface area contributed by atoms with Crippen LogP contribution in [0.15, 0.2) is 30.3 Å². The van der Waals surface area contributed by atoms with Gasteiger partial charge >= 0.3 is 0 Å². The molecule has 2 aliphatic rings. The fourth-order valence-corrected chi connectivity index (χ4v) is 3.46. The molecule has 1 aromatic heterocycles. The van der Waals surface area contributed by atoms with E-state index in [1.54, 1.807) is 0 Å². The highest BCUT2D eigenvalue weighted by atomic mass is 15.2. The van der Waals surface area contributed by atoms with Crippen LogP contribution in [0.4, 0.5) is 5.82 Å². The number of aromatic nitrogens is 1. The molecule has 2 aromatic rings. The van der Waals surface area contributed by atoms with Crippen molar-refractivity contribution in [2.45, 2.75) is 32.2 Å². The molecule has 0 saturated heterocycles. The summed E-state index contributed by atoms with van der Waals surface area (Å²) in [6.45, 7) is 1.80. The zero-order valence-corrected chi connectivity index (χ0v) is 12.0. The van der Waals surface area contributed by atoms with Crippen molar-refractivity contribution < 1.29 is 0 Å². The van der Waals surface area contributed by atoms with Crippen molar-refractivity contribution in [1.29, 1.82) is 5.26 Å². The van der Waals surface area contributed by atoms with Gasteiger partial charge in [0.2, 0.25) is 0 Å². The van der Waals surface area contributed by atoms with Gasteiger partial charge in [-0.25, -0.2) is 4.98 Å². The third-order valence-electron chi connectivity index (χ3n) is 4.58. The summed E-state index contributed by atoms with van der Waals surface area (Å²) in [6.07, 6.45) is 4.32. The van der Waals surface area contributed by atoms with Crippen molar-refractivity contribution in [3.8, 4) is 6.07 Å². The number of nitrogens with zero attached hydrogens (tertiary/aromatic N) is 3. The summed E-state index contributed by atoms with van der Waals surface area (Å²) in [4.78, 5) is 7.09. The molecule has 0 spiro atoms. The van der Waals surface area contributed by atoms with E-state index in [0.717, 1.165) is 43.7 Å². The highest BCUT2D eigenvalue weighted by molar-refractivity contribution is 5.58. The number of rotatable bonds is 1. The van der Waals surface area contributed by atoms with Gasteiger partial charge in [-0.05, 0) is 48.4 Å². The number of hydrogen-bond acceptors (Lipinski definition) is 3. The molecule has 0 radical (unpaired) electrons. The van der Waals surface area contributed by atoms with Gasteiger partial charge in [-0.2, -0.15) is 5.26 Å². The first-order valence-corrected chi connectivity index (χ1v) is 7.60. The van der Waals surface area contributed by atoms with E-state index >= 15 is 0 Å². The predicted molar refractivity (Wildman–Crippen MR) is 82.2 cm³/mol. The van der Waals surface area contributed by atoms with Crippen LogP contribution in [0.1, 0.15) is 34.4 Å². The lowest BCUT2D eigenvalue weighted by Crippen LogP contribution is -2.31. The van der Waals surface area contributed by atoms with E-state index in [-0.39, 0.29) is 0 Å². The van der Waals surface area contributed by atoms with Crippen LogP contribution in [0.5, 0.6) is 0 Å². The van der Waals surface area contributed by atoms with Crippen molar-refractivity contribution in [3.63, 3.8) is 0 Å². The Hall–Kier alpha value is -2.34. The Morgan fingerprint density at radius 2 is 1.90 bits per heavy atom. The second kappa shape index (κ2) is 4.89. The molecule has 4 rings (SSSR count). The first-order chi connectivity index (χ1) is 10.3. The van der Waals surface area contributed by atoms with Crippen LogP contribution >= 0.6 is 0 Å². The molecule has 0 unspecified atom stereocenters. The Kier molecular flexibility index (Phi) is 2.89. The number of fused-ring (bicyclic) bond motifs is 2. The SMILES string of the molecule is N#Cc1cc2c(nc1N1CCc3ccccc3C1)CCC2. The molecule has 2 heterocycles. The number of nitriles is 1. The summed E-state index contributed by atoms with van der Waals surface area (Å²) in [5.74, 6) is 0.882. The predicted octanol–water partition coefficient (Wildman–Crippen LogP) is 3.00. The molecule has 1 aliphatic heterocycles. The Morgan fingerprint density at radius 3 is 2.76 bits per heavy atom. The second-order valence-corrected chi connectivity index (χ2v) is 5.87. The summed E-state index contributed by atoms with van der Waals surface area (Å²) < 4.78 is 0. The maximum absolute atomic E-state index is 9.46. The highest BCUT2D eigenvalue weighted by Gasteiger charge is 2.23. The van der Waals surface area contributed by atoms with Crippen LogP contribution in [0.3, 0.4) is 0 Å². The smallest absolute Gasteiger partial charge is 0.147 e. The first kappa shape index (κ1) is 12.4. The molecule has 0 amide bonds. The normalized spacial score (nSPS) is 16.2. The van der Waals surface area contributed by atoms with Gasteiger partial charge < -0.3 is 4.90 Å². The van der Waals surface area contributed by atoms with Crippen molar-refractivity contribution >= 4 is 5.82 Å². The Bertz CT molecular complexity index is 743. The fourth-order valence-electron chi connectivity index (χ4n) is 3.46. The number of pyridine rings is 1. The van der Waals surface area contributed by atoms with Gasteiger partial charge in [-0.3, -0.25) is 0 Å². The van der Waals surface area contributed by atoms with E-state index < -0.39 is 0 Å².